The largest absolute Gasteiger partial charge is 0.323 e. The van der Waals surface area contributed by atoms with Crippen LogP contribution in [0.2, 0.25) is 5.02 Å². The molecule has 0 spiro atoms. The first-order valence-electron chi connectivity index (χ1n) is 4.76. The van der Waals surface area contributed by atoms with E-state index in [4.69, 9.17) is 11.6 Å². The minimum atomic E-state index is -0.146. The highest BCUT2D eigenvalue weighted by molar-refractivity contribution is 7.00. The molecule has 0 saturated heterocycles. The van der Waals surface area contributed by atoms with E-state index in [-0.39, 0.29) is 12.5 Å². The zero-order valence-corrected chi connectivity index (χ0v) is 9.97. The van der Waals surface area contributed by atoms with Gasteiger partial charge in [-0.3, -0.25) is 10.1 Å². The fraction of sp³-hybridized carbons (Fsp3) is 0.111. The third kappa shape index (κ3) is 1.83. The van der Waals surface area contributed by atoms with E-state index in [1.165, 1.54) is 0 Å². The Morgan fingerprint density at radius 2 is 2.29 bits per heavy atom. The lowest BCUT2D eigenvalue weighted by Crippen LogP contribution is -2.30. The van der Waals surface area contributed by atoms with Gasteiger partial charge in [-0.2, -0.15) is 8.75 Å². The summed E-state index contributed by atoms with van der Waals surface area (Å²) in [6.45, 7) is 0.130. The number of benzene rings is 1. The highest BCUT2D eigenvalue weighted by Gasteiger charge is 2.16. The van der Waals surface area contributed by atoms with Crippen LogP contribution in [0.15, 0.2) is 17.1 Å². The first kappa shape index (κ1) is 10.4. The van der Waals surface area contributed by atoms with Crippen LogP contribution in [0.3, 0.4) is 0 Å². The van der Waals surface area contributed by atoms with Gasteiger partial charge in [0.1, 0.15) is 17.6 Å². The summed E-state index contributed by atoms with van der Waals surface area (Å²) in [5, 5.41) is 6.05. The smallest absolute Gasteiger partial charge is 0.248 e. The van der Waals surface area contributed by atoms with Crippen LogP contribution >= 0.6 is 23.3 Å². The number of fused-ring (bicyclic) bond motifs is 1. The Balaban J connectivity index is 2.02. The average molecular weight is 268 g/mol. The molecule has 2 heterocycles. The van der Waals surface area contributed by atoms with Crippen LogP contribution in [0.1, 0.15) is 0 Å². The number of hydrogen-bond donors (Lipinski definition) is 2. The Hall–Kier alpha value is -1.73. The highest BCUT2D eigenvalue weighted by Crippen LogP contribution is 2.29. The Labute approximate surface area is 105 Å². The molecule has 1 aliphatic heterocycles. The van der Waals surface area contributed by atoms with E-state index in [1.54, 1.807) is 12.1 Å². The van der Waals surface area contributed by atoms with Crippen molar-refractivity contribution >= 4 is 51.9 Å². The second kappa shape index (κ2) is 3.94. The standard InChI is InChI=1S/C9H6ClN5OS/c10-4-1-2-5-8(15-17-14-5)7(4)13-9-11-3-6(16)12-9/h1-2H,3H2,(H2,11,12,13,16). The van der Waals surface area contributed by atoms with Gasteiger partial charge >= 0.3 is 0 Å². The maximum atomic E-state index is 11.0. The summed E-state index contributed by atoms with van der Waals surface area (Å²) in [5.74, 6) is 0.240. The lowest BCUT2D eigenvalue weighted by atomic mass is 10.2. The van der Waals surface area contributed by atoms with Crippen LogP contribution in [0.25, 0.3) is 11.0 Å². The fourth-order valence-electron chi connectivity index (χ4n) is 1.50. The molecule has 2 aromatic rings. The number of nitrogens with one attached hydrogen (secondary N) is 2. The number of aromatic nitrogens is 2. The quantitative estimate of drug-likeness (QED) is 0.815. The number of rotatable bonds is 1. The second-order valence-corrected chi connectivity index (χ2v) is 4.33. The average Bonchev–Trinajstić information content (AvgIpc) is 2.91. The lowest BCUT2D eigenvalue weighted by Gasteiger charge is -2.07. The zero-order valence-electron chi connectivity index (χ0n) is 8.40. The van der Waals surface area contributed by atoms with E-state index in [9.17, 15) is 4.79 Å². The molecule has 86 valence electrons. The number of nitrogens with zero attached hydrogens (tertiary/aromatic N) is 3. The van der Waals surface area contributed by atoms with Gasteiger partial charge in [-0.15, -0.1) is 0 Å². The molecule has 8 heteroatoms. The Kier molecular flexibility index (Phi) is 2.41. The molecule has 3 rings (SSSR count). The van der Waals surface area contributed by atoms with E-state index in [0.717, 1.165) is 17.2 Å². The van der Waals surface area contributed by atoms with Crippen LogP contribution < -0.4 is 10.6 Å². The van der Waals surface area contributed by atoms with Gasteiger partial charge in [-0.05, 0) is 12.1 Å². The molecule has 0 saturated carbocycles. The summed E-state index contributed by atoms with van der Waals surface area (Å²) in [4.78, 5) is 15.0. The molecule has 0 fully saturated rings. The van der Waals surface area contributed by atoms with Crippen LogP contribution in [-0.4, -0.2) is 27.2 Å². The third-order valence-electron chi connectivity index (χ3n) is 2.26. The summed E-state index contributed by atoms with van der Waals surface area (Å²) in [7, 11) is 0. The highest BCUT2D eigenvalue weighted by atomic mass is 35.5. The molecule has 0 aliphatic carbocycles. The number of aliphatic imine (C=N–C) groups is 1. The molecule has 1 amide bonds. The number of carbonyl (C=O) groups excluding carboxylic acids is 1. The van der Waals surface area contributed by atoms with Crippen LogP contribution in [0.5, 0.6) is 0 Å². The maximum absolute atomic E-state index is 11.0. The predicted molar refractivity (Wildman–Crippen MR) is 66.5 cm³/mol. The molecular formula is C9H6ClN5OS. The summed E-state index contributed by atoms with van der Waals surface area (Å²) in [6.07, 6.45) is 0. The minimum Gasteiger partial charge on any atom is -0.323 e. The normalized spacial score (nSPS) is 14.9. The first-order chi connectivity index (χ1) is 8.24. The van der Waals surface area contributed by atoms with Gasteiger partial charge in [-0.25, -0.2) is 4.99 Å². The van der Waals surface area contributed by atoms with Gasteiger partial charge in [0.25, 0.3) is 0 Å². The second-order valence-electron chi connectivity index (χ2n) is 3.39. The molecule has 0 unspecified atom stereocenters. The predicted octanol–water partition coefficient (Wildman–Crippen LogP) is 1.24. The molecule has 0 atom stereocenters. The van der Waals surface area contributed by atoms with Gasteiger partial charge in [0.2, 0.25) is 11.9 Å². The minimum absolute atomic E-state index is 0.130. The van der Waals surface area contributed by atoms with E-state index < -0.39 is 0 Å². The number of carbonyl (C=O) groups is 1. The first-order valence-corrected chi connectivity index (χ1v) is 5.87. The Bertz CT molecular complexity index is 637. The van der Waals surface area contributed by atoms with Crippen molar-refractivity contribution in [1.82, 2.24) is 14.1 Å². The van der Waals surface area contributed by atoms with Crippen LogP contribution in [0.4, 0.5) is 5.69 Å². The van der Waals surface area contributed by atoms with E-state index in [2.05, 4.69) is 24.4 Å². The Morgan fingerprint density at radius 3 is 3.06 bits per heavy atom. The van der Waals surface area contributed by atoms with Crippen LogP contribution in [0, 0.1) is 0 Å². The fourth-order valence-corrected chi connectivity index (χ4v) is 2.24. The van der Waals surface area contributed by atoms with Crippen molar-refractivity contribution in [1.29, 1.82) is 0 Å². The molecule has 6 nitrogen and oxygen atoms in total. The molecule has 17 heavy (non-hydrogen) atoms. The Morgan fingerprint density at radius 1 is 1.41 bits per heavy atom. The van der Waals surface area contributed by atoms with Crippen molar-refractivity contribution in [3.63, 3.8) is 0 Å². The van der Waals surface area contributed by atoms with E-state index in [0.29, 0.717) is 22.2 Å². The molecule has 1 aliphatic rings. The molecule has 2 N–H and O–H groups in total. The van der Waals surface area contributed by atoms with Gasteiger partial charge in [0, 0.05) is 0 Å². The lowest BCUT2D eigenvalue weighted by molar-refractivity contribution is -0.117. The van der Waals surface area contributed by atoms with E-state index in [1.807, 2.05) is 0 Å². The molecule has 1 aromatic carbocycles. The topological polar surface area (TPSA) is 79.3 Å². The van der Waals surface area contributed by atoms with Crippen LogP contribution in [-0.2, 0) is 4.79 Å². The van der Waals surface area contributed by atoms with Crippen molar-refractivity contribution in [2.75, 3.05) is 11.9 Å². The van der Waals surface area contributed by atoms with Crippen molar-refractivity contribution in [2.24, 2.45) is 4.99 Å². The molecule has 0 radical (unpaired) electrons. The third-order valence-corrected chi connectivity index (χ3v) is 3.12. The van der Waals surface area contributed by atoms with E-state index >= 15 is 0 Å². The number of halogens is 1. The summed E-state index contributed by atoms with van der Waals surface area (Å²) >= 11 is 7.19. The number of hydrogen-bond acceptors (Lipinski definition) is 6. The monoisotopic (exact) mass is 267 g/mol. The SMILES string of the molecule is O=C1CN=C(Nc2c(Cl)ccc3nsnc23)N1. The molecule has 0 bridgehead atoms. The van der Waals surface area contributed by atoms with Gasteiger partial charge < -0.3 is 5.32 Å². The zero-order chi connectivity index (χ0) is 11.8. The summed E-state index contributed by atoms with van der Waals surface area (Å²) < 4.78 is 8.27. The molecule has 1 aromatic heterocycles. The maximum Gasteiger partial charge on any atom is 0.248 e. The van der Waals surface area contributed by atoms with Crippen molar-refractivity contribution in [2.45, 2.75) is 0 Å². The van der Waals surface area contributed by atoms with Gasteiger partial charge in [0.15, 0.2) is 0 Å². The number of amides is 1. The van der Waals surface area contributed by atoms with Gasteiger partial charge in [0.05, 0.1) is 22.4 Å². The van der Waals surface area contributed by atoms with Crippen molar-refractivity contribution in [3.05, 3.63) is 17.2 Å². The number of guanidine groups is 1. The molecular weight excluding hydrogens is 262 g/mol. The summed E-state index contributed by atoms with van der Waals surface area (Å²) in [5.41, 5.74) is 2.04. The summed E-state index contributed by atoms with van der Waals surface area (Å²) in [6, 6.07) is 3.52. The number of anilines is 1. The van der Waals surface area contributed by atoms with Crippen molar-refractivity contribution < 1.29 is 4.79 Å². The van der Waals surface area contributed by atoms with Crippen molar-refractivity contribution in [3.8, 4) is 0 Å². The van der Waals surface area contributed by atoms with Gasteiger partial charge in [-0.1, -0.05) is 11.6 Å².